The quantitative estimate of drug-likeness (QED) is 0.769. The van der Waals surface area contributed by atoms with Crippen molar-refractivity contribution in [1.82, 2.24) is 4.72 Å². The molecule has 26 heavy (non-hydrogen) atoms. The summed E-state index contributed by atoms with van der Waals surface area (Å²) in [5.74, 6) is 1.33. The lowest BCUT2D eigenvalue weighted by Gasteiger charge is -2.18. The number of methoxy groups -OCH3 is 2. The molecule has 1 aliphatic carbocycles. The smallest absolute Gasteiger partial charge is 0.240 e. The second-order valence-electron chi connectivity index (χ2n) is 6.67. The number of rotatable bonds is 8. The molecule has 0 aromatic heterocycles. The van der Waals surface area contributed by atoms with Crippen LogP contribution in [0.5, 0.6) is 11.5 Å². The number of benzene rings is 2. The molecule has 0 heterocycles. The van der Waals surface area contributed by atoms with E-state index in [-0.39, 0.29) is 5.41 Å². The second kappa shape index (κ2) is 7.29. The van der Waals surface area contributed by atoms with Gasteiger partial charge in [0, 0.05) is 12.0 Å². The van der Waals surface area contributed by atoms with E-state index in [1.54, 1.807) is 26.4 Å². The fourth-order valence-electron chi connectivity index (χ4n) is 3.11. The number of nitrogens with one attached hydrogen (secondary N) is 1. The Morgan fingerprint density at radius 1 is 1.00 bits per heavy atom. The van der Waals surface area contributed by atoms with Crippen LogP contribution in [0.4, 0.5) is 0 Å². The highest BCUT2D eigenvalue weighted by Gasteiger charge is 2.45. The summed E-state index contributed by atoms with van der Waals surface area (Å²) in [6.45, 7) is 2.42. The molecule has 6 heteroatoms. The van der Waals surface area contributed by atoms with Gasteiger partial charge in [-0.15, -0.1) is 0 Å². The average Bonchev–Trinajstić information content (AvgIpc) is 3.47. The monoisotopic (exact) mass is 375 g/mol. The number of sulfonamides is 1. The van der Waals surface area contributed by atoms with E-state index < -0.39 is 10.0 Å². The van der Waals surface area contributed by atoms with Gasteiger partial charge < -0.3 is 9.47 Å². The van der Waals surface area contributed by atoms with Gasteiger partial charge in [-0.1, -0.05) is 25.1 Å². The molecule has 1 N–H and O–H groups in total. The highest BCUT2D eigenvalue weighted by atomic mass is 32.2. The Bertz CT molecular complexity index is 871. The molecule has 1 saturated carbocycles. The molecular formula is C20H25NO4S. The van der Waals surface area contributed by atoms with E-state index in [0.29, 0.717) is 22.9 Å². The van der Waals surface area contributed by atoms with Crippen LogP contribution in [0.15, 0.2) is 47.4 Å². The van der Waals surface area contributed by atoms with Gasteiger partial charge in [-0.05, 0) is 54.7 Å². The van der Waals surface area contributed by atoms with Crippen molar-refractivity contribution in [3.63, 3.8) is 0 Å². The first kappa shape index (κ1) is 18.7. The van der Waals surface area contributed by atoms with Crippen molar-refractivity contribution in [1.29, 1.82) is 0 Å². The fraction of sp³-hybridized carbons (Fsp3) is 0.400. The van der Waals surface area contributed by atoms with Crippen LogP contribution in [0.25, 0.3) is 0 Å². The van der Waals surface area contributed by atoms with Crippen LogP contribution >= 0.6 is 0 Å². The van der Waals surface area contributed by atoms with Gasteiger partial charge in [0.2, 0.25) is 10.0 Å². The lowest BCUT2D eigenvalue weighted by atomic mass is 9.96. The van der Waals surface area contributed by atoms with Gasteiger partial charge in [0.25, 0.3) is 0 Å². The van der Waals surface area contributed by atoms with Gasteiger partial charge in [0.05, 0.1) is 19.1 Å². The van der Waals surface area contributed by atoms with Crippen LogP contribution in [0.3, 0.4) is 0 Å². The van der Waals surface area contributed by atoms with E-state index in [2.05, 4.69) is 4.72 Å². The largest absolute Gasteiger partial charge is 0.493 e. The molecular weight excluding hydrogens is 350 g/mol. The summed E-state index contributed by atoms with van der Waals surface area (Å²) in [6, 6.07) is 12.8. The Hall–Kier alpha value is -2.05. The SMILES string of the molecule is CCc1ccc(S(=O)(=O)NCC2(c3ccc(OC)c(OC)c3)CC2)cc1. The predicted molar refractivity (Wildman–Crippen MR) is 101 cm³/mol. The first-order valence-electron chi connectivity index (χ1n) is 8.75. The molecule has 3 rings (SSSR count). The Kier molecular flexibility index (Phi) is 5.25. The molecule has 0 radical (unpaired) electrons. The van der Waals surface area contributed by atoms with Gasteiger partial charge in [-0.3, -0.25) is 0 Å². The molecule has 0 unspecified atom stereocenters. The molecule has 0 amide bonds. The van der Waals surface area contributed by atoms with Crippen molar-refractivity contribution in [3.05, 3.63) is 53.6 Å². The zero-order valence-corrected chi connectivity index (χ0v) is 16.2. The van der Waals surface area contributed by atoms with E-state index in [1.165, 1.54) is 0 Å². The van der Waals surface area contributed by atoms with Crippen molar-refractivity contribution in [2.24, 2.45) is 0 Å². The summed E-state index contributed by atoms with van der Waals surface area (Å²) >= 11 is 0. The minimum absolute atomic E-state index is 0.171. The lowest BCUT2D eigenvalue weighted by Crippen LogP contribution is -2.32. The first-order chi connectivity index (χ1) is 12.4. The molecule has 140 valence electrons. The number of ether oxygens (including phenoxy) is 2. The second-order valence-corrected chi connectivity index (χ2v) is 8.44. The summed E-state index contributed by atoms with van der Waals surface area (Å²) in [4.78, 5) is 0.304. The molecule has 2 aromatic rings. The highest BCUT2D eigenvalue weighted by molar-refractivity contribution is 7.89. The minimum atomic E-state index is -3.52. The summed E-state index contributed by atoms with van der Waals surface area (Å²) in [5.41, 5.74) is 2.02. The molecule has 0 saturated heterocycles. The molecule has 1 fully saturated rings. The van der Waals surface area contributed by atoms with Crippen molar-refractivity contribution < 1.29 is 17.9 Å². The maximum absolute atomic E-state index is 12.6. The van der Waals surface area contributed by atoms with Crippen molar-refractivity contribution in [2.75, 3.05) is 20.8 Å². The molecule has 0 aliphatic heterocycles. The summed E-state index contributed by atoms with van der Waals surface area (Å²) < 4.78 is 38.6. The van der Waals surface area contributed by atoms with Gasteiger partial charge in [-0.25, -0.2) is 13.1 Å². The van der Waals surface area contributed by atoms with E-state index in [4.69, 9.17) is 9.47 Å². The number of aryl methyl sites for hydroxylation is 1. The van der Waals surface area contributed by atoms with E-state index in [0.717, 1.165) is 30.4 Å². The third-order valence-corrected chi connectivity index (χ3v) is 6.51. The van der Waals surface area contributed by atoms with Crippen LogP contribution in [0.1, 0.15) is 30.9 Å². The van der Waals surface area contributed by atoms with Crippen molar-refractivity contribution in [3.8, 4) is 11.5 Å². The zero-order valence-electron chi connectivity index (χ0n) is 15.4. The molecule has 5 nitrogen and oxygen atoms in total. The standard InChI is InChI=1S/C20H25NO4S/c1-4-15-5-8-17(9-6-15)26(22,23)21-14-20(11-12-20)16-7-10-18(24-2)19(13-16)25-3/h5-10,13,21H,4,11-12,14H2,1-3H3. The molecule has 1 aliphatic rings. The van der Waals surface area contributed by atoms with E-state index >= 15 is 0 Å². The third kappa shape index (κ3) is 3.71. The van der Waals surface area contributed by atoms with E-state index in [9.17, 15) is 8.42 Å². The van der Waals surface area contributed by atoms with Crippen LogP contribution in [-0.4, -0.2) is 29.2 Å². The van der Waals surface area contributed by atoms with Gasteiger partial charge in [-0.2, -0.15) is 0 Å². The van der Waals surface area contributed by atoms with E-state index in [1.807, 2.05) is 37.3 Å². The van der Waals surface area contributed by atoms with Crippen LogP contribution < -0.4 is 14.2 Å². The maximum Gasteiger partial charge on any atom is 0.240 e. The Morgan fingerprint density at radius 3 is 2.19 bits per heavy atom. The van der Waals surface area contributed by atoms with Crippen molar-refractivity contribution in [2.45, 2.75) is 36.5 Å². The Labute approximate surface area is 155 Å². The van der Waals surface area contributed by atoms with Crippen LogP contribution in [0.2, 0.25) is 0 Å². The number of hydrogen-bond acceptors (Lipinski definition) is 4. The van der Waals surface area contributed by atoms with Crippen LogP contribution in [-0.2, 0) is 21.9 Å². The summed E-state index contributed by atoms with van der Waals surface area (Å²) in [5, 5.41) is 0. The minimum Gasteiger partial charge on any atom is -0.493 e. The van der Waals surface area contributed by atoms with Gasteiger partial charge in [0.1, 0.15) is 0 Å². The van der Waals surface area contributed by atoms with Crippen LogP contribution in [0, 0.1) is 0 Å². The van der Waals surface area contributed by atoms with Gasteiger partial charge >= 0.3 is 0 Å². The Balaban J connectivity index is 1.76. The van der Waals surface area contributed by atoms with Gasteiger partial charge in [0.15, 0.2) is 11.5 Å². The normalized spacial score (nSPS) is 15.5. The highest BCUT2D eigenvalue weighted by Crippen LogP contribution is 2.49. The first-order valence-corrected chi connectivity index (χ1v) is 10.2. The van der Waals surface area contributed by atoms with Crippen molar-refractivity contribution >= 4 is 10.0 Å². The fourth-order valence-corrected chi connectivity index (χ4v) is 4.23. The predicted octanol–water partition coefficient (Wildman–Crippen LogP) is 3.28. The molecule has 2 aromatic carbocycles. The maximum atomic E-state index is 12.6. The third-order valence-electron chi connectivity index (χ3n) is 5.09. The average molecular weight is 375 g/mol. The number of hydrogen-bond donors (Lipinski definition) is 1. The molecule has 0 spiro atoms. The topological polar surface area (TPSA) is 64.6 Å². The zero-order chi connectivity index (χ0) is 18.8. The Morgan fingerprint density at radius 2 is 1.65 bits per heavy atom. The molecule has 0 bridgehead atoms. The molecule has 0 atom stereocenters. The summed E-state index contributed by atoms with van der Waals surface area (Å²) in [7, 11) is -0.320. The lowest BCUT2D eigenvalue weighted by molar-refractivity contribution is 0.354. The summed E-state index contributed by atoms with van der Waals surface area (Å²) in [6.07, 6.45) is 2.77.